The van der Waals surface area contributed by atoms with Gasteiger partial charge in [-0.05, 0) is 13.8 Å². The maximum absolute atomic E-state index is 9.44. The summed E-state index contributed by atoms with van der Waals surface area (Å²) in [7, 11) is 0. The third-order valence-corrected chi connectivity index (χ3v) is 1.65. The maximum atomic E-state index is 9.44. The molecule has 70 valence electrons. The van der Waals surface area contributed by atoms with Gasteiger partial charge >= 0.3 is 0 Å². The van der Waals surface area contributed by atoms with Gasteiger partial charge in [-0.3, -0.25) is 0 Å². The molecular weight excluding hydrogens is 156 g/mol. The molecule has 1 aliphatic heterocycles. The van der Waals surface area contributed by atoms with Crippen LogP contribution in [0.4, 0.5) is 0 Å². The first kappa shape index (κ1) is 9.71. The summed E-state index contributed by atoms with van der Waals surface area (Å²) in [6, 6.07) is 0. The van der Waals surface area contributed by atoms with Crippen molar-refractivity contribution in [1.82, 2.24) is 0 Å². The van der Waals surface area contributed by atoms with Crippen LogP contribution in [0.2, 0.25) is 0 Å². The first-order valence-electron chi connectivity index (χ1n) is 4.25. The zero-order valence-electron chi connectivity index (χ0n) is 7.62. The van der Waals surface area contributed by atoms with E-state index in [-0.39, 0.29) is 6.29 Å². The molecule has 1 rings (SSSR count). The van der Waals surface area contributed by atoms with Gasteiger partial charge in [-0.2, -0.15) is 0 Å². The summed E-state index contributed by atoms with van der Waals surface area (Å²) in [5, 5.41) is 9.44. The zero-order valence-corrected chi connectivity index (χ0v) is 7.62. The highest BCUT2D eigenvalue weighted by molar-refractivity contribution is 4.98. The van der Waals surface area contributed by atoms with Crippen LogP contribution < -0.4 is 0 Å². The third-order valence-electron chi connectivity index (χ3n) is 1.65. The average molecular weight is 172 g/mol. The van der Waals surface area contributed by atoms with E-state index in [1.54, 1.807) is 0 Å². The molecule has 1 saturated heterocycles. The molecule has 1 aliphatic rings. The molecule has 0 aromatic rings. The van der Waals surface area contributed by atoms with Crippen molar-refractivity contribution in [3.05, 3.63) is 11.6 Å². The van der Waals surface area contributed by atoms with Gasteiger partial charge in [-0.1, -0.05) is 11.6 Å². The lowest BCUT2D eigenvalue weighted by Crippen LogP contribution is -2.16. The fraction of sp³-hybridized carbons (Fsp3) is 0.778. The molecule has 1 heterocycles. The minimum Gasteiger partial charge on any atom is -0.389 e. The van der Waals surface area contributed by atoms with E-state index in [1.807, 2.05) is 19.9 Å². The molecule has 0 aromatic heterocycles. The lowest BCUT2D eigenvalue weighted by atomic mass is 10.2. The Kier molecular flexibility index (Phi) is 3.72. The molecule has 12 heavy (non-hydrogen) atoms. The van der Waals surface area contributed by atoms with E-state index < -0.39 is 6.10 Å². The van der Waals surface area contributed by atoms with Crippen molar-refractivity contribution in [1.29, 1.82) is 0 Å². The fourth-order valence-corrected chi connectivity index (χ4v) is 1.19. The number of ether oxygens (including phenoxy) is 2. The summed E-state index contributed by atoms with van der Waals surface area (Å²) in [5.74, 6) is 0. The molecule has 0 amide bonds. The molecule has 1 N–H and O–H groups in total. The van der Waals surface area contributed by atoms with Gasteiger partial charge < -0.3 is 14.6 Å². The Labute approximate surface area is 73.0 Å². The zero-order chi connectivity index (χ0) is 8.97. The second kappa shape index (κ2) is 4.60. The second-order valence-electron chi connectivity index (χ2n) is 3.22. The van der Waals surface area contributed by atoms with Crippen LogP contribution in [0.5, 0.6) is 0 Å². The molecule has 0 bridgehead atoms. The minimum absolute atomic E-state index is 0.212. The van der Waals surface area contributed by atoms with Gasteiger partial charge in [-0.25, -0.2) is 0 Å². The largest absolute Gasteiger partial charge is 0.389 e. The number of rotatable bonds is 3. The van der Waals surface area contributed by atoms with Crippen LogP contribution in [0.1, 0.15) is 20.3 Å². The number of allylic oxidation sites excluding steroid dienone is 1. The molecule has 3 heteroatoms. The monoisotopic (exact) mass is 172 g/mol. The van der Waals surface area contributed by atoms with Crippen molar-refractivity contribution in [2.45, 2.75) is 32.7 Å². The second-order valence-corrected chi connectivity index (χ2v) is 3.22. The van der Waals surface area contributed by atoms with Crippen molar-refractivity contribution in [2.24, 2.45) is 0 Å². The van der Waals surface area contributed by atoms with Crippen LogP contribution in [0, 0.1) is 0 Å². The SMILES string of the molecule is CC(C)=CC(O)CC1OCCO1. The highest BCUT2D eigenvalue weighted by Gasteiger charge is 2.18. The molecule has 0 radical (unpaired) electrons. The summed E-state index contributed by atoms with van der Waals surface area (Å²) in [6.45, 7) is 5.21. The number of hydrogen-bond acceptors (Lipinski definition) is 3. The Morgan fingerprint density at radius 3 is 2.58 bits per heavy atom. The predicted molar refractivity (Wildman–Crippen MR) is 45.7 cm³/mol. The minimum atomic E-state index is -0.446. The summed E-state index contributed by atoms with van der Waals surface area (Å²) in [4.78, 5) is 0. The van der Waals surface area contributed by atoms with Crippen LogP contribution in [0.25, 0.3) is 0 Å². The fourth-order valence-electron chi connectivity index (χ4n) is 1.19. The summed E-state index contributed by atoms with van der Waals surface area (Å²) < 4.78 is 10.4. The summed E-state index contributed by atoms with van der Waals surface area (Å²) >= 11 is 0. The number of aliphatic hydroxyl groups is 1. The highest BCUT2D eigenvalue weighted by atomic mass is 16.7. The third kappa shape index (κ3) is 3.34. The van der Waals surface area contributed by atoms with E-state index in [4.69, 9.17) is 9.47 Å². The van der Waals surface area contributed by atoms with Gasteiger partial charge in [0.25, 0.3) is 0 Å². The van der Waals surface area contributed by atoms with Crippen molar-refractivity contribution < 1.29 is 14.6 Å². The smallest absolute Gasteiger partial charge is 0.160 e. The predicted octanol–water partition coefficient (Wildman–Crippen LogP) is 1.08. The lowest BCUT2D eigenvalue weighted by molar-refractivity contribution is -0.0636. The normalized spacial score (nSPS) is 20.9. The van der Waals surface area contributed by atoms with Crippen molar-refractivity contribution in [3.8, 4) is 0 Å². The molecular formula is C9H16O3. The molecule has 1 atom stereocenters. The Morgan fingerprint density at radius 1 is 1.50 bits per heavy atom. The Balaban J connectivity index is 2.25. The van der Waals surface area contributed by atoms with Gasteiger partial charge in [0.1, 0.15) is 0 Å². The molecule has 0 spiro atoms. The van der Waals surface area contributed by atoms with Crippen molar-refractivity contribution >= 4 is 0 Å². The molecule has 1 fully saturated rings. The Hall–Kier alpha value is -0.380. The molecule has 0 aliphatic carbocycles. The van der Waals surface area contributed by atoms with E-state index in [2.05, 4.69) is 0 Å². The topological polar surface area (TPSA) is 38.7 Å². The first-order chi connectivity index (χ1) is 5.68. The first-order valence-corrected chi connectivity index (χ1v) is 4.25. The number of aliphatic hydroxyl groups excluding tert-OH is 1. The Morgan fingerprint density at radius 2 is 2.08 bits per heavy atom. The quantitative estimate of drug-likeness (QED) is 0.647. The van der Waals surface area contributed by atoms with E-state index in [0.29, 0.717) is 19.6 Å². The Bertz CT molecular complexity index is 155. The van der Waals surface area contributed by atoms with Crippen molar-refractivity contribution in [3.63, 3.8) is 0 Å². The van der Waals surface area contributed by atoms with Crippen LogP contribution in [-0.4, -0.2) is 30.7 Å². The maximum Gasteiger partial charge on any atom is 0.160 e. The average Bonchev–Trinajstić information content (AvgIpc) is 2.37. The lowest BCUT2D eigenvalue weighted by Gasteiger charge is -2.11. The van der Waals surface area contributed by atoms with Gasteiger partial charge in [-0.15, -0.1) is 0 Å². The van der Waals surface area contributed by atoms with E-state index in [0.717, 1.165) is 5.57 Å². The van der Waals surface area contributed by atoms with Gasteiger partial charge in [0.15, 0.2) is 6.29 Å². The van der Waals surface area contributed by atoms with Gasteiger partial charge in [0.05, 0.1) is 19.3 Å². The standard InChI is InChI=1S/C9H16O3/c1-7(2)5-8(10)6-9-11-3-4-12-9/h5,8-10H,3-4,6H2,1-2H3. The van der Waals surface area contributed by atoms with Crippen LogP contribution in [0.3, 0.4) is 0 Å². The highest BCUT2D eigenvalue weighted by Crippen LogP contribution is 2.11. The summed E-state index contributed by atoms with van der Waals surface area (Å²) in [5.41, 5.74) is 1.11. The van der Waals surface area contributed by atoms with Crippen LogP contribution in [0.15, 0.2) is 11.6 Å². The molecule has 1 unspecified atom stereocenters. The van der Waals surface area contributed by atoms with Crippen LogP contribution in [-0.2, 0) is 9.47 Å². The molecule has 0 saturated carbocycles. The molecule has 3 nitrogen and oxygen atoms in total. The van der Waals surface area contributed by atoms with E-state index >= 15 is 0 Å². The molecule has 0 aromatic carbocycles. The summed E-state index contributed by atoms with van der Waals surface area (Å²) in [6.07, 6.45) is 1.68. The van der Waals surface area contributed by atoms with Gasteiger partial charge in [0.2, 0.25) is 0 Å². The van der Waals surface area contributed by atoms with Gasteiger partial charge in [0, 0.05) is 6.42 Å². The van der Waals surface area contributed by atoms with E-state index in [9.17, 15) is 5.11 Å². The van der Waals surface area contributed by atoms with Crippen LogP contribution >= 0.6 is 0 Å². The van der Waals surface area contributed by atoms with Crippen molar-refractivity contribution in [2.75, 3.05) is 13.2 Å². The number of hydrogen-bond donors (Lipinski definition) is 1. The van der Waals surface area contributed by atoms with E-state index in [1.165, 1.54) is 0 Å².